The molecular formula is C18H15BrN2O4. The minimum absolute atomic E-state index is 0.0573. The van der Waals surface area contributed by atoms with E-state index >= 15 is 0 Å². The molecule has 2 N–H and O–H groups in total. The molecule has 0 aliphatic rings. The van der Waals surface area contributed by atoms with E-state index in [4.69, 9.17) is 15.0 Å². The Hall–Kier alpha value is -2.80. The first-order chi connectivity index (χ1) is 12.1. The van der Waals surface area contributed by atoms with Crippen LogP contribution in [0.1, 0.15) is 11.3 Å². The van der Waals surface area contributed by atoms with Crippen molar-refractivity contribution in [2.45, 2.75) is 13.2 Å². The van der Waals surface area contributed by atoms with Gasteiger partial charge >= 0.3 is 6.09 Å². The SMILES string of the molecule is NC(=O)OCc1cc(-c2ccc(OCc3ccccc3)cc2Br)no1. The third-order valence-electron chi connectivity index (χ3n) is 3.38. The summed E-state index contributed by atoms with van der Waals surface area (Å²) in [6, 6.07) is 17.2. The fourth-order valence-corrected chi connectivity index (χ4v) is 2.75. The highest BCUT2D eigenvalue weighted by Gasteiger charge is 2.12. The Morgan fingerprint density at radius 2 is 1.92 bits per heavy atom. The summed E-state index contributed by atoms with van der Waals surface area (Å²) in [7, 11) is 0. The molecule has 1 aromatic heterocycles. The van der Waals surface area contributed by atoms with Gasteiger partial charge in [-0.05, 0) is 39.7 Å². The van der Waals surface area contributed by atoms with Crippen molar-refractivity contribution < 1.29 is 18.8 Å². The summed E-state index contributed by atoms with van der Waals surface area (Å²) in [6.07, 6.45) is -0.862. The molecule has 0 saturated carbocycles. The number of carbonyl (C=O) groups is 1. The Kier molecular flexibility index (Phi) is 5.35. The summed E-state index contributed by atoms with van der Waals surface area (Å²) in [6.45, 7) is 0.434. The average Bonchev–Trinajstić information content (AvgIpc) is 3.08. The van der Waals surface area contributed by atoms with Crippen LogP contribution in [0.25, 0.3) is 11.3 Å². The number of rotatable bonds is 6. The van der Waals surface area contributed by atoms with Crippen LogP contribution in [-0.2, 0) is 18.0 Å². The number of aromatic nitrogens is 1. The minimum atomic E-state index is -0.862. The lowest BCUT2D eigenvalue weighted by molar-refractivity contribution is 0.137. The van der Waals surface area contributed by atoms with Gasteiger partial charge in [0.05, 0.1) is 0 Å². The van der Waals surface area contributed by atoms with E-state index in [1.807, 2.05) is 48.5 Å². The third kappa shape index (κ3) is 4.60. The second kappa shape index (κ2) is 7.85. The standard InChI is InChI=1S/C18H15BrN2O4/c19-16-8-13(23-10-12-4-2-1-3-5-12)6-7-15(16)17-9-14(25-21-17)11-24-18(20)22/h1-9H,10-11H2,(H2,20,22). The molecule has 0 bridgehead atoms. The molecular weight excluding hydrogens is 388 g/mol. The van der Waals surface area contributed by atoms with Crippen LogP contribution in [0, 0.1) is 0 Å². The highest BCUT2D eigenvalue weighted by atomic mass is 79.9. The Morgan fingerprint density at radius 1 is 1.12 bits per heavy atom. The summed E-state index contributed by atoms with van der Waals surface area (Å²) < 4.78 is 16.4. The molecule has 0 spiro atoms. The number of nitrogens with two attached hydrogens (primary N) is 1. The van der Waals surface area contributed by atoms with Crippen molar-refractivity contribution in [1.29, 1.82) is 0 Å². The highest BCUT2D eigenvalue weighted by Crippen LogP contribution is 2.31. The van der Waals surface area contributed by atoms with Gasteiger partial charge in [-0.25, -0.2) is 4.79 Å². The third-order valence-corrected chi connectivity index (χ3v) is 4.04. The van der Waals surface area contributed by atoms with E-state index in [9.17, 15) is 4.79 Å². The van der Waals surface area contributed by atoms with E-state index in [0.29, 0.717) is 18.1 Å². The molecule has 3 aromatic rings. The number of carbonyl (C=O) groups excluding carboxylic acids is 1. The first-order valence-corrected chi connectivity index (χ1v) is 8.25. The van der Waals surface area contributed by atoms with E-state index in [-0.39, 0.29) is 6.61 Å². The van der Waals surface area contributed by atoms with Crippen LogP contribution >= 0.6 is 15.9 Å². The number of hydrogen-bond acceptors (Lipinski definition) is 5. The quantitative estimate of drug-likeness (QED) is 0.664. The molecule has 1 heterocycles. The van der Waals surface area contributed by atoms with Crippen molar-refractivity contribution in [2.24, 2.45) is 5.73 Å². The largest absolute Gasteiger partial charge is 0.489 e. The van der Waals surface area contributed by atoms with Crippen molar-refractivity contribution in [3.63, 3.8) is 0 Å². The van der Waals surface area contributed by atoms with Crippen LogP contribution in [0.2, 0.25) is 0 Å². The first-order valence-electron chi connectivity index (χ1n) is 7.46. The summed E-state index contributed by atoms with van der Waals surface area (Å²) in [5.74, 6) is 1.14. The maximum absolute atomic E-state index is 10.6. The van der Waals surface area contributed by atoms with E-state index < -0.39 is 6.09 Å². The highest BCUT2D eigenvalue weighted by molar-refractivity contribution is 9.10. The molecule has 128 valence electrons. The van der Waals surface area contributed by atoms with Crippen molar-refractivity contribution >= 4 is 22.0 Å². The molecule has 7 heteroatoms. The molecule has 0 radical (unpaired) electrons. The maximum atomic E-state index is 10.6. The Labute approximate surface area is 152 Å². The van der Waals surface area contributed by atoms with Gasteiger partial charge in [-0.1, -0.05) is 35.5 Å². The average molecular weight is 403 g/mol. The fourth-order valence-electron chi connectivity index (χ4n) is 2.18. The van der Waals surface area contributed by atoms with Crippen LogP contribution in [-0.4, -0.2) is 11.2 Å². The lowest BCUT2D eigenvalue weighted by Crippen LogP contribution is -2.12. The van der Waals surface area contributed by atoms with Gasteiger partial charge in [-0.3, -0.25) is 0 Å². The van der Waals surface area contributed by atoms with Gasteiger partial charge in [-0.15, -0.1) is 0 Å². The monoisotopic (exact) mass is 402 g/mol. The van der Waals surface area contributed by atoms with Crippen LogP contribution in [0.15, 0.2) is 63.6 Å². The zero-order valence-electron chi connectivity index (χ0n) is 13.1. The van der Waals surface area contributed by atoms with Gasteiger partial charge in [0, 0.05) is 16.1 Å². The van der Waals surface area contributed by atoms with E-state index in [1.54, 1.807) is 6.07 Å². The number of halogens is 1. The molecule has 0 aliphatic carbocycles. The predicted octanol–water partition coefficient (Wildman–Crippen LogP) is 4.28. The molecule has 0 atom stereocenters. The summed E-state index contributed by atoms with van der Waals surface area (Å²) in [4.78, 5) is 10.6. The number of ether oxygens (including phenoxy) is 2. The minimum Gasteiger partial charge on any atom is -0.489 e. The van der Waals surface area contributed by atoms with Gasteiger partial charge in [0.25, 0.3) is 0 Å². The van der Waals surface area contributed by atoms with E-state index in [0.717, 1.165) is 21.3 Å². The second-order valence-electron chi connectivity index (χ2n) is 5.20. The molecule has 0 unspecified atom stereocenters. The Bertz CT molecular complexity index is 865. The molecule has 2 aromatic carbocycles. The van der Waals surface area contributed by atoms with Crippen molar-refractivity contribution in [2.75, 3.05) is 0 Å². The smallest absolute Gasteiger partial charge is 0.404 e. The molecule has 0 aliphatic heterocycles. The lowest BCUT2D eigenvalue weighted by Gasteiger charge is -2.08. The number of benzene rings is 2. The van der Waals surface area contributed by atoms with Crippen LogP contribution < -0.4 is 10.5 Å². The van der Waals surface area contributed by atoms with Gasteiger partial charge in [0.2, 0.25) is 0 Å². The van der Waals surface area contributed by atoms with Crippen molar-refractivity contribution in [3.8, 4) is 17.0 Å². The number of amides is 1. The fraction of sp³-hybridized carbons (Fsp3) is 0.111. The second-order valence-corrected chi connectivity index (χ2v) is 6.06. The predicted molar refractivity (Wildman–Crippen MR) is 94.8 cm³/mol. The van der Waals surface area contributed by atoms with Crippen LogP contribution in [0.4, 0.5) is 4.79 Å². The van der Waals surface area contributed by atoms with E-state index in [2.05, 4.69) is 25.8 Å². The van der Waals surface area contributed by atoms with Crippen molar-refractivity contribution in [1.82, 2.24) is 5.16 Å². The van der Waals surface area contributed by atoms with Crippen LogP contribution in [0.5, 0.6) is 5.75 Å². The summed E-state index contributed by atoms with van der Waals surface area (Å²) >= 11 is 3.51. The molecule has 3 rings (SSSR count). The molecule has 0 fully saturated rings. The topological polar surface area (TPSA) is 87.6 Å². The lowest BCUT2D eigenvalue weighted by atomic mass is 10.1. The van der Waals surface area contributed by atoms with Gasteiger partial charge < -0.3 is 19.7 Å². The van der Waals surface area contributed by atoms with Crippen LogP contribution in [0.3, 0.4) is 0 Å². The van der Waals surface area contributed by atoms with Gasteiger partial charge in [0.15, 0.2) is 12.4 Å². The maximum Gasteiger partial charge on any atom is 0.404 e. The first kappa shape index (κ1) is 17.0. The molecule has 1 amide bonds. The Balaban J connectivity index is 1.68. The van der Waals surface area contributed by atoms with E-state index in [1.165, 1.54) is 0 Å². The van der Waals surface area contributed by atoms with Crippen molar-refractivity contribution in [3.05, 3.63) is 70.4 Å². The number of primary amides is 1. The summed E-state index contributed by atoms with van der Waals surface area (Å²) in [5.41, 5.74) is 7.47. The summed E-state index contributed by atoms with van der Waals surface area (Å²) in [5, 5.41) is 3.97. The number of hydrogen-bond donors (Lipinski definition) is 1. The normalized spacial score (nSPS) is 10.4. The zero-order chi connectivity index (χ0) is 17.6. The number of nitrogens with zero attached hydrogens (tertiary/aromatic N) is 1. The molecule has 0 saturated heterocycles. The Morgan fingerprint density at radius 3 is 2.64 bits per heavy atom. The van der Waals surface area contributed by atoms with Gasteiger partial charge in [0.1, 0.15) is 18.1 Å². The zero-order valence-corrected chi connectivity index (χ0v) is 14.7. The molecule has 25 heavy (non-hydrogen) atoms. The molecule has 6 nitrogen and oxygen atoms in total. The van der Waals surface area contributed by atoms with Gasteiger partial charge in [-0.2, -0.15) is 0 Å².